The molecule has 0 bridgehead atoms. The molecule has 0 saturated heterocycles. The first-order chi connectivity index (χ1) is 29.7. The summed E-state index contributed by atoms with van der Waals surface area (Å²) >= 11 is 0. The second-order valence-corrected chi connectivity index (χ2v) is 15.7. The first-order valence-electron chi connectivity index (χ1n) is 20.8. The lowest BCUT2D eigenvalue weighted by Gasteiger charge is -2.26. The molecule has 0 N–H and O–H groups in total. The molecule has 0 radical (unpaired) electrons. The number of hydrogen-bond donors (Lipinski definition) is 0. The standard InChI is InChI=1S/C58H41NO/c1-3-12-40(13-4-1)48-37-49(41-14-5-2-6-15-41)39-50(38-48)44-26-32-52(33-27-44)59(51-30-24-43(25-31-51)47-23-22-42-16-7-8-17-46(42)36-47)53-34-28-45(29-35-53)54-19-11-20-56-55-18-9-10-21-57(55)60-58(54)56/h1-14,16-39,41H,15H2. The third kappa shape index (κ3) is 6.68. The van der Waals surface area contributed by atoms with Gasteiger partial charge in [0, 0.05) is 39.3 Å². The summed E-state index contributed by atoms with van der Waals surface area (Å²) in [6.45, 7) is 0. The van der Waals surface area contributed by atoms with Gasteiger partial charge in [-0.25, -0.2) is 0 Å². The lowest BCUT2D eigenvalue weighted by Crippen LogP contribution is -2.09. The maximum absolute atomic E-state index is 6.43. The van der Waals surface area contributed by atoms with Crippen LogP contribution in [0.1, 0.15) is 17.9 Å². The molecule has 9 aromatic carbocycles. The summed E-state index contributed by atoms with van der Waals surface area (Å²) in [6.07, 6.45) is 9.92. The van der Waals surface area contributed by atoms with Gasteiger partial charge in [0.15, 0.2) is 0 Å². The molecule has 0 saturated carbocycles. The first kappa shape index (κ1) is 35.5. The zero-order valence-corrected chi connectivity index (χ0v) is 33.1. The van der Waals surface area contributed by atoms with Crippen molar-refractivity contribution >= 4 is 49.8 Å². The summed E-state index contributed by atoms with van der Waals surface area (Å²) in [5.41, 5.74) is 15.9. The summed E-state index contributed by atoms with van der Waals surface area (Å²) in [4.78, 5) is 2.35. The number of anilines is 3. The third-order valence-electron chi connectivity index (χ3n) is 12.0. The largest absolute Gasteiger partial charge is 0.455 e. The average molecular weight is 768 g/mol. The highest BCUT2D eigenvalue weighted by atomic mass is 16.3. The number of furan rings is 1. The van der Waals surface area contributed by atoms with Crippen molar-refractivity contribution in [3.8, 4) is 44.5 Å². The van der Waals surface area contributed by atoms with Crippen LogP contribution in [0.3, 0.4) is 0 Å². The van der Waals surface area contributed by atoms with Crippen LogP contribution in [0.25, 0.3) is 77.2 Å². The van der Waals surface area contributed by atoms with Gasteiger partial charge in [-0.15, -0.1) is 0 Å². The molecule has 0 spiro atoms. The Balaban J connectivity index is 0.982. The predicted molar refractivity (Wildman–Crippen MR) is 253 cm³/mol. The molecule has 2 heteroatoms. The van der Waals surface area contributed by atoms with E-state index >= 15 is 0 Å². The van der Waals surface area contributed by atoms with Crippen LogP contribution in [0.5, 0.6) is 0 Å². The van der Waals surface area contributed by atoms with Crippen LogP contribution in [-0.4, -0.2) is 0 Å². The van der Waals surface area contributed by atoms with Gasteiger partial charge in [0.2, 0.25) is 0 Å². The molecule has 10 aromatic rings. The van der Waals surface area contributed by atoms with Crippen molar-refractivity contribution in [1.29, 1.82) is 0 Å². The molecular weight excluding hydrogens is 727 g/mol. The molecule has 0 amide bonds. The molecule has 0 fully saturated rings. The van der Waals surface area contributed by atoms with Crippen LogP contribution in [0.2, 0.25) is 0 Å². The van der Waals surface area contributed by atoms with Crippen molar-refractivity contribution < 1.29 is 4.42 Å². The molecule has 60 heavy (non-hydrogen) atoms. The van der Waals surface area contributed by atoms with Gasteiger partial charge in [0.05, 0.1) is 0 Å². The van der Waals surface area contributed by atoms with Crippen LogP contribution in [0, 0.1) is 0 Å². The van der Waals surface area contributed by atoms with Crippen LogP contribution >= 0.6 is 0 Å². The highest BCUT2D eigenvalue weighted by molar-refractivity contribution is 6.09. The number of para-hydroxylation sites is 2. The minimum atomic E-state index is 0.353. The second-order valence-electron chi connectivity index (χ2n) is 15.7. The molecule has 1 aromatic heterocycles. The summed E-state index contributed by atoms with van der Waals surface area (Å²) in [6, 6.07) is 74.6. The van der Waals surface area contributed by atoms with Crippen molar-refractivity contribution in [2.24, 2.45) is 0 Å². The van der Waals surface area contributed by atoms with Crippen molar-refractivity contribution in [3.63, 3.8) is 0 Å². The molecule has 11 rings (SSSR count). The average Bonchev–Trinajstić information content (AvgIpc) is 3.72. The van der Waals surface area contributed by atoms with E-state index in [4.69, 9.17) is 4.42 Å². The zero-order chi connectivity index (χ0) is 39.8. The van der Waals surface area contributed by atoms with E-state index in [0.29, 0.717) is 5.92 Å². The fourth-order valence-corrected chi connectivity index (χ4v) is 8.84. The minimum Gasteiger partial charge on any atom is -0.455 e. The molecule has 0 aliphatic heterocycles. The number of hydrogen-bond acceptors (Lipinski definition) is 2. The lowest BCUT2D eigenvalue weighted by molar-refractivity contribution is 0.670. The molecule has 1 aliphatic rings. The minimum absolute atomic E-state index is 0.353. The Kier molecular flexibility index (Phi) is 9.02. The molecule has 1 unspecified atom stereocenters. The van der Waals surface area contributed by atoms with E-state index in [1.807, 2.05) is 12.1 Å². The van der Waals surface area contributed by atoms with Crippen molar-refractivity contribution in [1.82, 2.24) is 0 Å². The molecular formula is C58H41NO. The maximum Gasteiger partial charge on any atom is 0.143 e. The van der Waals surface area contributed by atoms with Crippen LogP contribution in [-0.2, 0) is 0 Å². The second kappa shape index (κ2) is 15.2. The van der Waals surface area contributed by atoms with E-state index in [1.54, 1.807) is 0 Å². The summed E-state index contributed by atoms with van der Waals surface area (Å²) in [5.74, 6) is 0.353. The van der Waals surface area contributed by atoms with E-state index in [-0.39, 0.29) is 0 Å². The topological polar surface area (TPSA) is 16.4 Å². The monoisotopic (exact) mass is 767 g/mol. The first-order valence-corrected chi connectivity index (χ1v) is 20.8. The molecule has 2 nitrogen and oxygen atoms in total. The fraction of sp³-hybridized carbons (Fsp3) is 0.0345. The highest BCUT2D eigenvalue weighted by Gasteiger charge is 2.17. The van der Waals surface area contributed by atoms with Crippen LogP contribution in [0.15, 0.2) is 235 Å². The summed E-state index contributed by atoms with van der Waals surface area (Å²) < 4.78 is 6.43. The number of nitrogens with zero attached hydrogens (tertiary/aromatic N) is 1. The predicted octanol–water partition coefficient (Wildman–Crippen LogP) is 16.5. The molecule has 1 aliphatic carbocycles. The lowest BCUT2D eigenvalue weighted by atomic mass is 9.87. The Morgan fingerprint density at radius 2 is 0.983 bits per heavy atom. The van der Waals surface area contributed by atoms with E-state index in [1.165, 1.54) is 49.7 Å². The van der Waals surface area contributed by atoms with Gasteiger partial charge in [-0.2, -0.15) is 0 Å². The summed E-state index contributed by atoms with van der Waals surface area (Å²) in [7, 11) is 0. The summed E-state index contributed by atoms with van der Waals surface area (Å²) in [5, 5.41) is 4.76. The normalized spacial score (nSPS) is 13.6. The fourth-order valence-electron chi connectivity index (χ4n) is 8.84. The quantitative estimate of drug-likeness (QED) is 0.153. The van der Waals surface area contributed by atoms with Crippen LogP contribution < -0.4 is 4.90 Å². The number of rotatable bonds is 8. The number of fused-ring (bicyclic) bond motifs is 4. The van der Waals surface area contributed by atoms with Gasteiger partial charge in [-0.05, 0) is 116 Å². The van der Waals surface area contributed by atoms with Crippen molar-refractivity contribution in [3.05, 3.63) is 236 Å². The Labute approximate surface area is 350 Å². The number of allylic oxidation sites excluding steroid dienone is 4. The number of benzene rings is 9. The zero-order valence-electron chi connectivity index (χ0n) is 33.1. The van der Waals surface area contributed by atoms with Gasteiger partial charge in [0.1, 0.15) is 11.2 Å². The van der Waals surface area contributed by atoms with E-state index in [0.717, 1.165) is 56.5 Å². The van der Waals surface area contributed by atoms with Crippen molar-refractivity contribution in [2.75, 3.05) is 4.90 Å². The van der Waals surface area contributed by atoms with Gasteiger partial charge >= 0.3 is 0 Å². The Morgan fingerprint density at radius 1 is 0.400 bits per heavy atom. The van der Waals surface area contributed by atoms with Gasteiger partial charge in [-0.1, -0.05) is 176 Å². The van der Waals surface area contributed by atoms with Crippen molar-refractivity contribution in [2.45, 2.75) is 12.3 Å². The Bertz CT molecular complexity index is 3210. The third-order valence-corrected chi connectivity index (χ3v) is 12.0. The van der Waals surface area contributed by atoms with E-state index in [9.17, 15) is 0 Å². The van der Waals surface area contributed by atoms with Crippen LogP contribution in [0.4, 0.5) is 17.1 Å². The molecule has 284 valence electrons. The van der Waals surface area contributed by atoms with E-state index < -0.39 is 0 Å². The molecule has 1 atom stereocenters. The SMILES string of the molecule is C1=CCC(c2cc(-c3ccccc3)cc(-c3ccc(N(c4ccc(-c5ccc6ccccc6c5)cc4)c4ccc(-c5cccc6c5oc5ccccc56)cc4)cc3)c2)C=C1. The highest BCUT2D eigenvalue weighted by Crippen LogP contribution is 2.41. The smallest absolute Gasteiger partial charge is 0.143 e. The van der Waals surface area contributed by atoms with Gasteiger partial charge in [0.25, 0.3) is 0 Å². The Morgan fingerprint density at radius 3 is 1.68 bits per heavy atom. The van der Waals surface area contributed by atoms with Gasteiger partial charge in [-0.3, -0.25) is 0 Å². The van der Waals surface area contributed by atoms with E-state index in [2.05, 4.69) is 223 Å². The van der Waals surface area contributed by atoms with Gasteiger partial charge < -0.3 is 9.32 Å². The molecule has 1 heterocycles. The maximum atomic E-state index is 6.43. The Hall–Kier alpha value is -7.68.